The standard InChI is InChI=1S/C16H19NO2S/c1-19-14-7-5-13(6-8-14)12-20-16(9-11-18)15-4-2-3-10-17-15/h2-8,10,16,18H,9,11-12H2,1H3. The molecule has 1 atom stereocenters. The van der Waals surface area contributed by atoms with Gasteiger partial charge in [-0.05, 0) is 36.2 Å². The van der Waals surface area contributed by atoms with Crippen molar-refractivity contribution in [3.63, 3.8) is 0 Å². The van der Waals surface area contributed by atoms with Crippen LogP contribution in [0.5, 0.6) is 5.75 Å². The maximum atomic E-state index is 9.21. The van der Waals surface area contributed by atoms with E-state index in [0.717, 1.165) is 23.6 Å². The molecule has 0 radical (unpaired) electrons. The lowest BCUT2D eigenvalue weighted by molar-refractivity contribution is 0.287. The van der Waals surface area contributed by atoms with Crippen LogP contribution < -0.4 is 4.74 Å². The van der Waals surface area contributed by atoms with Crippen molar-refractivity contribution in [2.24, 2.45) is 0 Å². The summed E-state index contributed by atoms with van der Waals surface area (Å²) >= 11 is 1.80. The highest BCUT2D eigenvalue weighted by atomic mass is 32.2. The van der Waals surface area contributed by atoms with E-state index in [0.29, 0.717) is 0 Å². The van der Waals surface area contributed by atoms with Gasteiger partial charge in [-0.2, -0.15) is 0 Å². The van der Waals surface area contributed by atoms with Gasteiger partial charge in [0, 0.05) is 23.8 Å². The molecule has 0 amide bonds. The van der Waals surface area contributed by atoms with E-state index in [1.54, 1.807) is 25.1 Å². The molecule has 0 saturated carbocycles. The Bertz CT molecular complexity index is 502. The van der Waals surface area contributed by atoms with Gasteiger partial charge in [-0.25, -0.2) is 0 Å². The van der Waals surface area contributed by atoms with E-state index < -0.39 is 0 Å². The second-order valence-electron chi connectivity index (χ2n) is 4.41. The number of aliphatic hydroxyl groups excluding tert-OH is 1. The van der Waals surface area contributed by atoms with Gasteiger partial charge in [-0.3, -0.25) is 4.98 Å². The zero-order valence-electron chi connectivity index (χ0n) is 11.5. The highest BCUT2D eigenvalue weighted by Gasteiger charge is 2.12. The van der Waals surface area contributed by atoms with Crippen molar-refractivity contribution < 1.29 is 9.84 Å². The Balaban J connectivity index is 1.98. The summed E-state index contributed by atoms with van der Waals surface area (Å²) in [5.74, 6) is 1.76. The summed E-state index contributed by atoms with van der Waals surface area (Å²) in [6.07, 6.45) is 2.52. The van der Waals surface area contributed by atoms with Crippen molar-refractivity contribution in [2.75, 3.05) is 13.7 Å². The van der Waals surface area contributed by atoms with Gasteiger partial charge in [-0.15, -0.1) is 11.8 Å². The topological polar surface area (TPSA) is 42.4 Å². The Labute approximate surface area is 124 Å². The van der Waals surface area contributed by atoms with E-state index in [4.69, 9.17) is 4.74 Å². The molecule has 0 aliphatic rings. The fourth-order valence-electron chi connectivity index (χ4n) is 1.92. The molecule has 1 aromatic heterocycles. The van der Waals surface area contributed by atoms with Crippen molar-refractivity contribution in [3.8, 4) is 5.75 Å². The van der Waals surface area contributed by atoms with Crippen molar-refractivity contribution in [1.82, 2.24) is 4.98 Å². The number of hydrogen-bond acceptors (Lipinski definition) is 4. The van der Waals surface area contributed by atoms with Crippen LogP contribution in [-0.4, -0.2) is 23.8 Å². The number of pyridine rings is 1. The monoisotopic (exact) mass is 289 g/mol. The maximum absolute atomic E-state index is 9.21. The summed E-state index contributed by atoms with van der Waals surface area (Å²) in [5.41, 5.74) is 2.27. The van der Waals surface area contributed by atoms with E-state index in [-0.39, 0.29) is 11.9 Å². The number of benzene rings is 1. The quantitative estimate of drug-likeness (QED) is 0.848. The molecular weight excluding hydrogens is 270 g/mol. The van der Waals surface area contributed by atoms with Crippen molar-refractivity contribution in [2.45, 2.75) is 17.4 Å². The Morgan fingerprint density at radius 1 is 1.20 bits per heavy atom. The number of ether oxygens (including phenoxy) is 1. The molecule has 1 unspecified atom stereocenters. The van der Waals surface area contributed by atoms with Gasteiger partial charge in [0.25, 0.3) is 0 Å². The molecule has 1 N–H and O–H groups in total. The van der Waals surface area contributed by atoms with Gasteiger partial charge in [0.1, 0.15) is 5.75 Å². The van der Waals surface area contributed by atoms with Gasteiger partial charge in [0.05, 0.1) is 12.8 Å². The average molecular weight is 289 g/mol. The molecule has 106 valence electrons. The van der Waals surface area contributed by atoms with E-state index in [1.807, 2.05) is 30.3 Å². The third kappa shape index (κ3) is 4.25. The third-order valence-corrected chi connectivity index (χ3v) is 4.40. The Morgan fingerprint density at radius 2 is 2.00 bits per heavy atom. The van der Waals surface area contributed by atoms with Crippen LogP contribution in [0.4, 0.5) is 0 Å². The molecule has 0 bridgehead atoms. The van der Waals surface area contributed by atoms with Crippen LogP contribution >= 0.6 is 11.8 Å². The van der Waals surface area contributed by atoms with Crippen molar-refractivity contribution in [3.05, 3.63) is 59.9 Å². The molecule has 1 aromatic carbocycles. The Kier molecular flexibility index (Phi) is 5.89. The number of aromatic nitrogens is 1. The summed E-state index contributed by atoms with van der Waals surface area (Å²) in [6.45, 7) is 0.177. The van der Waals surface area contributed by atoms with Crippen LogP contribution in [0, 0.1) is 0 Å². The predicted molar refractivity (Wildman–Crippen MR) is 83.0 cm³/mol. The third-order valence-electron chi connectivity index (χ3n) is 3.02. The fourth-order valence-corrected chi connectivity index (χ4v) is 3.09. The highest BCUT2D eigenvalue weighted by molar-refractivity contribution is 7.98. The van der Waals surface area contributed by atoms with Crippen LogP contribution in [-0.2, 0) is 5.75 Å². The number of methoxy groups -OCH3 is 1. The first-order chi connectivity index (χ1) is 9.83. The van der Waals surface area contributed by atoms with E-state index >= 15 is 0 Å². The first-order valence-corrected chi connectivity index (χ1v) is 7.64. The maximum Gasteiger partial charge on any atom is 0.118 e. The SMILES string of the molecule is COc1ccc(CSC(CCO)c2ccccn2)cc1. The smallest absolute Gasteiger partial charge is 0.118 e. The van der Waals surface area contributed by atoms with Crippen LogP contribution in [0.2, 0.25) is 0 Å². The number of nitrogens with zero attached hydrogens (tertiary/aromatic N) is 1. The number of rotatable bonds is 7. The lowest BCUT2D eigenvalue weighted by Crippen LogP contribution is -2.00. The second-order valence-corrected chi connectivity index (χ2v) is 5.61. The minimum absolute atomic E-state index is 0.177. The van der Waals surface area contributed by atoms with E-state index in [2.05, 4.69) is 17.1 Å². The minimum atomic E-state index is 0.177. The molecule has 1 heterocycles. The summed E-state index contributed by atoms with van der Waals surface area (Å²) < 4.78 is 5.15. The number of hydrogen-bond donors (Lipinski definition) is 1. The predicted octanol–water partition coefficient (Wildman–Crippen LogP) is 3.45. The number of thioether (sulfide) groups is 1. The molecular formula is C16H19NO2S. The molecule has 4 heteroatoms. The van der Waals surface area contributed by atoms with Gasteiger partial charge in [0.15, 0.2) is 0 Å². The highest BCUT2D eigenvalue weighted by Crippen LogP contribution is 2.33. The molecule has 0 saturated heterocycles. The molecule has 0 aliphatic heterocycles. The normalized spacial score (nSPS) is 12.1. The summed E-state index contributed by atoms with van der Waals surface area (Å²) in [6, 6.07) is 14.0. The first kappa shape index (κ1) is 14.9. The Morgan fingerprint density at radius 3 is 2.60 bits per heavy atom. The zero-order valence-corrected chi connectivity index (χ0v) is 12.3. The molecule has 2 aromatic rings. The molecule has 0 aliphatic carbocycles. The molecule has 3 nitrogen and oxygen atoms in total. The zero-order chi connectivity index (χ0) is 14.2. The van der Waals surface area contributed by atoms with Gasteiger partial charge in [0.2, 0.25) is 0 Å². The molecule has 0 fully saturated rings. The molecule has 20 heavy (non-hydrogen) atoms. The lowest BCUT2D eigenvalue weighted by Gasteiger charge is -2.15. The number of aliphatic hydroxyl groups is 1. The van der Waals surface area contributed by atoms with Crippen LogP contribution in [0.1, 0.15) is 22.9 Å². The fraction of sp³-hybridized carbons (Fsp3) is 0.312. The first-order valence-electron chi connectivity index (χ1n) is 6.60. The largest absolute Gasteiger partial charge is 0.497 e. The molecule has 0 spiro atoms. The van der Waals surface area contributed by atoms with E-state index in [9.17, 15) is 5.11 Å². The lowest BCUT2D eigenvalue weighted by atomic mass is 10.2. The van der Waals surface area contributed by atoms with Crippen molar-refractivity contribution >= 4 is 11.8 Å². The summed E-state index contributed by atoms with van der Waals surface area (Å²) in [4.78, 5) is 4.39. The van der Waals surface area contributed by atoms with Gasteiger partial charge < -0.3 is 9.84 Å². The van der Waals surface area contributed by atoms with Gasteiger partial charge in [-0.1, -0.05) is 18.2 Å². The summed E-state index contributed by atoms with van der Waals surface area (Å²) in [5, 5.41) is 9.43. The molecule has 2 rings (SSSR count). The van der Waals surface area contributed by atoms with Gasteiger partial charge >= 0.3 is 0 Å². The van der Waals surface area contributed by atoms with Crippen LogP contribution in [0.3, 0.4) is 0 Å². The van der Waals surface area contributed by atoms with Crippen LogP contribution in [0.25, 0.3) is 0 Å². The Hall–Kier alpha value is -1.52. The van der Waals surface area contributed by atoms with E-state index in [1.165, 1.54) is 5.56 Å². The van der Waals surface area contributed by atoms with Crippen molar-refractivity contribution in [1.29, 1.82) is 0 Å². The second kappa shape index (κ2) is 7.92. The van der Waals surface area contributed by atoms with Crippen LogP contribution in [0.15, 0.2) is 48.7 Å². The summed E-state index contributed by atoms with van der Waals surface area (Å²) in [7, 11) is 1.67. The minimum Gasteiger partial charge on any atom is -0.497 e. The average Bonchev–Trinajstić information content (AvgIpc) is 2.53.